The minimum absolute atomic E-state index is 0.00914. The summed E-state index contributed by atoms with van der Waals surface area (Å²) in [5.74, 6) is 0.535. The van der Waals surface area contributed by atoms with E-state index in [4.69, 9.17) is 0 Å². The number of halogens is 1. The molecule has 1 aliphatic heterocycles. The summed E-state index contributed by atoms with van der Waals surface area (Å²) in [7, 11) is -3.64. The summed E-state index contributed by atoms with van der Waals surface area (Å²) in [5.41, 5.74) is 0. The maximum absolute atomic E-state index is 13.3. The highest BCUT2D eigenvalue weighted by atomic mass is 32.2. The second kappa shape index (κ2) is 6.37. The van der Waals surface area contributed by atoms with E-state index in [0.29, 0.717) is 19.5 Å². The van der Waals surface area contributed by atoms with Crippen LogP contribution in [0.15, 0.2) is 35.5 Å². The first-order chi connectivity index (χ1) is 11.0. The largest absolute Gasteiger partial charge is 0.318 e. The lowest BCUT2D eigenvalue weighted by Crippen LogP contribution is -2.29. The molecule has 0 radical (unpaired) electrons. The molecule has 1 saturated heterocycles. The average molecular weight is 338 g/mol. The van der Waals surface area contributed by atoms with E-state index >= 15 is 0 Å². The maximum Gasteiger partial charge on any atom is 0.243 e. The van der Waals surface area contributed by atoms with Gasteiger partial charge in [-0.1, -0.05) is 6.07 Å². The molecule has 0 bridgehead atoms. The molecule has 1 atom stereocenters. The van der Waals surface area contributed by atoms with Gasteiger partial charge in [-0.2, -0.15) is 4.31 Å². The Labute approximate surface area is 135 Å². The molecule has 3 rings (SSSR count). The summed E-state index contributed by atoms with van der Waals surface area (Å²) in [4.78, 5) is 0.00914. The molecule has 1 aromatic heterocycles. The fourth-order valence-electron chi connectivity index (χ4n) is 2.92. The van der Waals surface area contributed by atoms with Crippen LogP contribution in [-0.2, 0) is 23.0 Å². The predicted octanol–water partition coefficient (Wildman–Crippen LogP) is 1.69. The molecule has 6 nitrogen and oxygen atoms in total. The van der Waals surface area contributed by atoms with E-state index in [-0.39, 0.29) is 10.8 Å². The first-order valence-electron chi connectivity index (χ1n) is 7.63. The molecule has 0 spiro atoms. The van der Waals surface area contributed by atoms with Gasteiger partial charge < -0.3 is 4.57 Å². The second-order valence-electron chi connectivity index (χ2n) is 5.71. The topological polar surface area (TPSA) is 68.1 Å². The number of sulfonamides is 1. The molecule has 1 aliphatic rings. The summed E-state index contributed by atoms with van der Waals surface area (Å²) in [6.07, 6.45) is 3.15. The van der Waals surface area contributed by atoms with Crippen molar-refractivity contribution in [2.45, 2.75) is 31.2 Å². The van der Waals surface area contributed by atoms with E-state index in [1.807, 2.05) is 11.5 Å². The number of nitrogens with zero attached hydrogens (tertiary/aromatic N) is 4. The number of hydrogen-bond donors (Lipinski definition) is 0. The summed E-state index contributed by atoms with van der Waals surface area (Å²) < 4.78 is 41.9. The van der Waals surface area contributed by atoms with Crippen LogP contribution in [0.5, 0.6) is 0 Å². The average Bonchev–Trinajstić information content (AvgIpc) is 3.17. The van der Waals surface area contributed by atoms with Crippen molar-refractivity contribution in [3.05, 3.63) is 42.2 Å². The van der Waals surface area contributed by atoms with Crippen molar-refractivity contribution in [2.75, 3.05) is 13.1 Å². The molecule has 8 heteroatoms. The van der Waals surface area contributed by atoms with Gasteiger partial charge in [0.05, 0.1) is 4.90 Å². The molecule has 23 heavy (non-hydrogen) atoms. The third kappa shape index (κ3) is 3.28. The SMILES string of the molecule is CCn1cnnc1CC1CCN(S(=O)(=O)c2cccc(F)c2)C1. The Morgan fingerprint density at radius 3 is 2.96 bits per heavy atom. The van der Waals surface area contributed by atoms with Gasteiger partial charge in [-0.05, 0) is 37.5 Å². The van der Waals surface area contributed by atoms with Gasteiger partial charge in [0, 0.05) is 26.1 Å². The molecule has 1 unspecified atom stereocenters. The number of benzene rings is 1. The third-order valence-corrected chi connectivity index (χ3v) is 6.05. The van der Waals surface area contributed by atoms with Gasteiger partial charge in [-0.25, -0.2) is 12.8 Å². The Morgan fingerprint density at radius 2 is 2.22 bits per heavy atom. The molecule has 0 amide bonds. The first-order valence-corrected chi connectivity index (χ1v) is 9.07. The molecule has 1 fully saturated rings. The van der Waals surface area contributed by atoms with Crippen LogP contribution in [0.25, 0.3) is 0 Å². The fourth-order valence-corrected chi connectivity index (χ4v) is 4.48. The highest BCUT2D eigenvalue weighted by Crippen LogP contribution is 2.26. The zero-order valence-electron chi connectivity index (χ0n) is 12.9. The summed E-state index contributed by atoms with van der Waals surface area (Å²) in [6, 6.07) is 5.15. The monoisotopic (exact) mass is 338 g/mol. The lowest BCUT2D eigenvalue weighted by molar-refractivity contribution is 0.449. The standard InChI is InChI=1S/C15H19FN4O2S/c1-2-19-11-17-18-15(19)8-12-6-7-20(10-12)23(21,22)14-5-3-4-13(16)9-14/h3-5,9,11-12H,2,6-8,10H2,1H3. The Morgan fingerprint density at radius 1 is 1.39 bits per heavy atom. The van der Waals surface area contributed by atoms with Gasteiger partial charge in [0.15, 0.2) is 0 Å². The molecular weight excluding hydrogens is 319 g/mol. The zero-order chi connectivity index (χ0) is 16.4. The van der Waals surface area contributed by atoms with Gasteiger partial charge in [-0.3, -0.25) is 0 Å². The lowest BCUT2D eigenvalue weighted by atomic mass is 10.0. The Hall–Kier alpha value is -1.80. The normalized spacial score (nSPS) is 19.3. The fraction of sp³-hybridized carbons (Fsp3) is 0.467. The molecule has 2 aromatic rings. The predicted molar refractivity (Wildman–Crippen MR) is 82.7 cm³/mol. The van der Waals surface area contributed by atoms with Crippen molar-refractivity contribution in [1.29, 1.82) is 0 Å². The van der Waals surface area contributed by atoms with E-state index in [0.717, 1.165) is 24.9 Å². The lowest BCUT2D eigenvalue weighted by Gasteiger charge is -2.16. The van der Waals surface area contributed by atoms with E-state index in [9.17, 15) is 12.8 Å². The summed E-state index contributed by atoms with van der Waals surface area (Å²) in [5, 5.41) is 8.00. The van der Waals surface area contributed by atoms with Crippen LogP contribution >= 0.6 is 0 Å². The van der Waals surface area contributed by atoms with Crippen LogP contribution in [0.2, 0.25) is 0 Å². The molecule has 1 aromatic carbocycles. The van der Waals surface area contributed by atoms with Crippen LogP contribution in [0.1, 0.15) is 19.2 Å². The number of hydrogen-bond acceptors (Lipinski definition) is 4. The van der Waals surface area contributed by atoms with Crippen LogP contribution in [0.4, 0.5) is 4.39 Å². The van der Waals surface area contributed by atoms with Crippen molar-refractivity contribution < 1.29 is 12.8 Å². The third-order valence-electron chi connectivity index (χ3n) is 4.19. The minimum atomic E-state index is -3.64. The molecule has 0 aliphatic carbocycles. The van der Waals surface area contributed by atoms with Gasteiger partial charge in [0.25, 0.3) is 0 Å². The summed E-state index contributed by atoms with van der Waals surface area (Å²) >= 11 is 0. The van der Waals surface area contributed by atoms with Crippen LogP contribution in [0, 0.1) is 11.7 Å². The van der Waals surface area contributed by atoms with Gasteiger partial charge in [-0.15, -0.1) is 10.2 Å². The van der Waals surface area contributed by atoms with Crippen molar-refractivity contribution >= 4 is 10.0 Å². The Kier molecular flexibility index (Phi) is 4.45. The zero-order valence-corrected chi connectivity index (χ0v) is 13.7. The van der Waals surface area contributed by atoms with Crippen LogP contribution < -0.4 is 0 Å². The molecule has 0 saturated carbocycles. The Balaban J connectivity index is 1.72. The van der Waals surface area contributed by atoms with E-state index < -0.39 is 15.8 Å². The highest BCUT2D eigenvalue weighted by Gasteiger charge is 2.33. The molecular formula is C15H19FN4O2S. The van der Waals surface area contributed by atoms with Crippen molar-refractivity contribution in [1.82, 2.24) is 19.1 Å². The van der Waals surface area contributed by atoms with Crippen LogP contribution in [-0.4, -0.2) is 40.6 Å². The van der Waals surface area contributed by atoms with Crippen LogP contribution in [0.3, 0.4) is 0 Å². The second-order valence-corrected chi connectivity index (χ2v) is 7.65. The molecule has 2 heterocycles. The number of rotatable bonds is 5. The smallest absolute Gasteiger partial charge is 0.243 e. The Bertz CT molecular complexity index is 790. The minimum Gasteiger partial charge on any atom is -0.318 e. The maximum atomic E-state index is 13.3. The van der Waals surface area contributed by atoms with Crippen molar-refractivity contribution in [3.8, 4) is 0 Å². The molecule has 0 N–H and O–H groups in total. The highest BCUT2D eigenvalue weighted by molar-refractivity contribution is 7.89. The van der Waals surface area contributed by atoms with E-state index in [1.165, 1.54) is 22.5 Å². The number of aryl methyl sites for hydroxylation is 1. The van der Waals surface area contributed by atoms with Crippen molar-refractivity contribution in [2.24, 2.45) is 5.92 Å². The first kappa shape index (κ1) is 16.1. The van der Waals surface area contributed by atoms with Crippen molar-refractivity contribution in [3.63, 3.8) is 0 Å². The summed E-state index contributed by atoms with van der Waals surface area (Å²) in [6.45, 7) is 3.68. The quantitative estimate of drug-likeness (QED) is 0.832. The van der Waals surface area contributed by atoms with Gasteiger partial charge >= 0.3 is 0 Å². The molecule has 124 valence electrons. The number of aromatic nitrogens is 3. The van der Waals surface area contributed by atoms with Gasteiger partial charge in [0.1, 0.15) is 18.0 Å². The van der Waals surface area contributed by atoms with E-state index in [2.05, 4.69) is 10.2 Å². The van der Waals surface area contributed by atoms with Gasteiger partial charge in [0.2, 0.25) is 10.0 Å². The van der Waals surface area contributed by atoms with E-state index in [1.54, 1.807) is 6.33 Å².